The van der Waals surface area contributed by atoms with Crippen LogP contribution in [0.1, 0.15) is 10.5 Å². The number of thiazole rings is 1. The van der Waals surface area contributed by atoms with E-state index in [2.05, 4.69) is 10.3 Å². The lowest BCUT2D eigenvalue weighted by Crippen LogP contribution is -2.41. The second kappa shape index (κ2) is 8.46. The third-order valence-corrected chi connectivity index (χ3v) is 6.14. The normalized spacial score (nSPS) is 10.8. The van der Waals surface area contributed by atoms with Crippen molar-refractivity contribution in [2.45, 2.75) is 4.34 Å². The molecule has 2 heterocycles. The molecule has 0 atom stereocenters. The van der Waals surface area contributed by atoms with Gasteiger partial charge in [-0.15, -0.1) is 11.3 Å². The summed E-state index contributed by atoms with van der Waals surface area (Å²) in [6.07, 6.45) is 0. The molecule has 29 heavy (non-hydrogen) atoms. The molecule has 0 radical (unpaired) electrons. The molecule has 0 bridgehead atoms. The van der Waals surface area contributed by atoms with Crippen molar-refractivity contribution < 1.29 is 18.7 Å². The molecular weight excluding hydrogens is 410 g/mol. The van der Waals surface area contributed by atoms with Gasteiger partial charge in [0.25, 0.3) is 0 Å². The Morgan fingerprint density at radius 3 is 2.69 bits per heavy atom. The monoisotopic (exact) mass is 426 g/mol. The van der Waals surface area contributed by atoms with Gasteiger partial charge in [0.15, 0.2) is 4.34 Å². The summed E-state index contributed by atoms with van der Waals surface area (Å²) in [6.45, 7) is 0. The summed E-state index contributed by atoms with van der Waals surface area (Å²) < 4.78 is 12.1. The maximum atomic E-state index is 12.7. The summed E-state index contributed by atoms with van der Waals surface area (Å²) in [5.74, 6) is 0.388. The van der Waals surface area contributed by atoms with Gasteiger partial charge in [-0.05, 0) is 22.1 Å². The highest BCUT2D eigenvalue weighted by atomic mass is 32.2. The number of hydrogen-bond acceptors (Lipinski definition) is 7. The van der Waals surface area contributed by atoms with E-state index in [9.17, 15) is 9.59 Å². The van der Waals surface area contributed by atoms with Crippen molar-refractivity contribution in [1.82, 2.24) is 10.3 Å². The van der Waals surface area contributed by atoms with E-state index in [1.807, 2.05) is 35.7 Å². The van der Waals surface area contributed by atoms with Gasteiger partial charge in [-0.1, -0.05) is 42.1 Å². The van der Waals surface area contributed by atoms with Crippen LogP contribution in [0.25, 0.3) is 16.9 Å². The number of aromatic nitrogens is 3. The van der Waals surface area contributed by atoms with Crippen LogP contribution in [0, 0.1) is 0 Å². The zero-order valence-electron chi connectivity index (χ0n) is 15.3. The van der Waals surface area contributed by atoms with Crippen LogP contribution >= 0.6 is 23.1 Å². The third-order valence-electron chi connectivity index (χ3n) is 4.12. The van der Waals surface area contributed by atoms with Crippen molar-refractivity contribution in [3.05, 3.63) is 76.1 Å². The maximum absolute atomic E-state index is 12.7. The SMILES string of the molecule is COc1ccc(-[n+]2[nH]oc(=O)c2C(=O)CSc2nc(-c3ccccc3)cs2)cc1. The van der Waals surface area contributed by atoms with Crippen LogP contribution in [0.4, 0.5) is 0 Å². The van der Waals surface area contributed by atoms with E-state index in [1.54, 1.807) is 31.4 Å². The number of benzene rings is 2. The fourth-order valence-corrected chi connectivity index (χ4v) is 4.38. The van der Waals surface area contributed by atoms with Gasteiger partial charge in [-0.25, -0.2) is 9.78 Å². The number of H-pyrrole nitrogens is 1. The van der Waals surface area contributed by atoms with E-state index in [0.29, 0.717) is 11.4 Å². The average molecular weight is 426 g/mol. The quantitative estimate of drug-likeness (QED) is 0.277. The largest absolute Gasteiger partial charge is 0.497 e. The number of ether oxygens (including phenoxy) is 1. The second-order valence-electron chi connectivity index (χ2n) is 5.94. The van der Waals surface area contributed by atoms with E-state index in [1.165, 1.54) is 27.8 Å². The molecule has 4 aromatic rings. The Labute approximate surface area is 173 Å². The number of nitrogens with zero attached hydrogens (tertiary/aromatic N) is 2. The highest BCUT2D eigenvalue weighted by molar-refractivity contribution is 8.01. The van der Waals surface area contributed by atoms with Crippen LogP contribution in [-0.2, 0) is 0 Å². The molecule has 2 aromatic heterocycles. The van der Waals surface area contributed by atoms with E-state index < -0.39 is 5.63 Å². The molecule has 0 spiro atoms. The standard InChI is InChI=1S/C20H15N3O4S2/c1-26-15-9-7-14(8-10-15)23-18(19(25)27-22-23)17(24)12-29-20-21-16(11-28-20)13-5-3-2-4-6-13/h2-11H,12H2,1H3/p+1. The first kappa shape index (κ1) is 19.2. The Balaban J connectivity index is 1.50. The molecule has 2 aromatic carbocycles. The third kappa shape index (κ3) is 4.15. The molecule has 0 fully saturated rings. The molecular formula is C20H16N3O4S2+. The minimum absolute atomic E-state index is 0.0671. The molecule has 9 heteroatoms. The van der Waals surface area contributed by atoms with Gasteiger partial charge in [0.2, 0.25) is 11.5 Å². The van der Waals surface area contributed by atoms with Crippen molar-refractivity contribution in [2.24, 2.45) is 0 Å². The molecule has 1 N–H and O–H groups in total. The molecule has 0 amide bonds. The van der Waals surface area contributed by atoms with E-state index in [0.717, 1.165) is 15.6 Å². The Kier molecular flexibility index (Phi) is 5.59. The molecule has 0 saturated heterocycles. The smallest absolute Gasteiger partial charge is 0.438 e. The summed E-state index contributed by atoms with van der Waals surface area (Å²) >= 11 is 2.75. The molecule has 0 aliphatic carbocycles. The lowest BCUT2D eigenvalue weighted by atomic mass is 10.2. The minimum atomic E-state index is -0.712. The number of ketones is 1. The molecule has 146 valence electrons. The van der Waals surface area contributed by atoms with Crippen molar-refractivity contribution in [2.75, 3.05) is 12.9 Å². The molecule has 7 nitrogen and oxygen atoms in total. The lowest BCUT2D eigenvalue weighted by Gasteiger charge is -1.98. The maximum Gasteiger partial charge on any atom is 0.438 e. The number of hydrogen-bond donors (Lipinski definition) is 1. The van der Waals surface area contributed by atoms with Crippen molar-refractivity contribution >= 4 is 28.9 Å². The molecule has 4 rings (SSSR count). The number of thioether (sulfide) groups is 1. The van der Waals surface area contributed by atoms with Crippen molar-refractivity contribution in [3.63, 3.8) is 0 Å². The summed E-state index contributed by atoms with van der Waals surface area (Å²) in [4.78, 5) is 29.4. The fourth-order valence-electron chi connectivity index (χ4n) is 2.68. The Morgan fingerprint density at radius 2 is 1.97 bits per heavy atom. The highest BCUT2D eigenvalue weighted by Gasteiger charge is 2.30. The van der Waals surface area contributed by atoms with E-state index in [4.69, 9.17) is 9.26 Å². The Hall–Kier alpha value is -3.17. The predicted octanol–water partition coefficient (Wildman–Crippen LogP) is 3.35. The van der Waals surface area contributed by atoms with Crippen molar-refractivity contribution in [1.29, 1.82) is 0 Å². The number of carbonyl (C=O) groups excluding carboxylic acids is 1. The van der Waals surface area contributed by atoms with Crippen molar-refractivity contribution in [3.8, 4) is 22.7 Å². The average Bonchev–Trinajstić information content (AvgIpc) is 3.39. The highest BCUT2D eigenvalue weighted by Crippen LogP contribution is 2.28. The van der Waals surface area contributed by atoms with Gasteiger partial charge in [-0.2, -0.15) is 0 Å². The summed E-state index contributed by atoms with van der Waals surface area (Å²) in [5, 5.41) is 4.43. The van der Waals surface area contributed by atoms with Gasteiger partial charge in [0, 0.05) is 23.1 Å². The number of rotatable bonds is 7. The van der Waals surface area contributed by atoms with Gasteiger partial charge in [0.1, 0.15) is 5.75 Å². The number of methoxy groups -OCH3 is 1. The van der Waals surface area contributed by atoms with Gasteiger partial charge < -0.3 is 4.74 Å². The zero-order chi connectivity index (χ0) is 20.2. The number of nitrogens with one attached hydrogen (secondary N) is 1. The fraction of sp³-hybridized carbons (Fsp3) is 0.100. The number of aromatic amines is 1. The Bertz CT molecular complexity index is 1180. The molecule has 0 unspecified atom stereocenters. The predicted molar refractivity (Wildman–Crippen MR) is 110 cm³/mol. The van der Waals surface area contributed by atoms with E-state index in [-0.39, 0.29) is 17.2 Å². The number of Topliss-reactive ketones (excluding diaryl/α,β-unsaturated/α-hetero) is 1. The van der Waals surface area contributed by atoms with Gasteiger partial charge in [-0.3, -0.25) is 9.32 Å². The molecule has 0 aliphatic rings. The topological polar surface area (TPSA) is 89.1 Å². The first-order valence-corrected chi connectivity index (χ1v) is 10.5. The van der Waals surface area contributed by atoms with Crippen LogP contribution in [0.3, 0.4) is 0 Å². The van der Waals surface area contributed by atoms with Crippen LogP contribution < -0.4 is 15.0 Å². The molecule has 0 aliphatic heterocycles. The van der Waals surface area contributed by atoms with Crippen LogP contribution in [-0.4, -0.2) is 28.9 Å². The molecule has 0 saturated carbocycles. The first-order valence-electron chi connectivity index (χ1n) is 8.60. The van der Waals surface area contributed by atoms with Crippen LogP contribution in [0.5, 0.6) is 5.75 Å². The zero-order valence-corrected chi connectivity index (χ0v) is 17.0. The summed E-state index contributed by atoms with van der Waals surface area (Å²) in [6, 6.07) is 16.7. The van der Waals surface area contributed by atoms with Gasteiger partial charge >= 0.3 is 11.3 Å². The number of carbonyl (C=O) groups is 1. The Morgan fingerprint density at radius 1 is 1.21 bits per heavy atom. The first-order chi connectivity index (χ1) is 14.2. The summed E-state index contributed by atoms with van der Waals surface area (Å²) in [5.41, 5.74) is 1.69. The van der Waals surface area contributed by atoms with E-state index >= 15 is 0 Å². The van der Waals surface area contributed by atoms with Crippen LogP contribution in [0.15, 0.2) is 73.6 Å². The van der Waals surface area contributed by atoms with Gasteiger partial charge in [0.05, 0.1) is 18.6 Å². The summed E-state index contributed by atoms with van der Waals surface area (Å²) in [7, 11) is 1.57. The second-order valence-corrected chi connectivity index (χ2v) is 8.02. The lowest BCUT2D eigenvalue weighted by molar-refractivity contribution is -0.672. The minimum Gasteiger partial charge on any atom is -0.497 e. The van der Waals surface area contributed by atoms with Crippen LogP contribution in [0.2, 0.25) is 0 Å².